The van der Waals surface area contributed by atoms with Crippen LogP contribution in [-0.2, 0) is 51.4 Å². The van der Waals surface area contributed by atoms with Crippen molar-refractivity contribution in [2.24, 2.45) is 81.0 Å². The number of ketones is 8. The third-order valence-electron chi connectivity index (χ3n) is 24.8. The minimum atomic E-state index is 0.0816. The van der Waals surface area contributed by atoms with Gasteiger partial charge < -0.3 is 28.7 Å². The number of hydrogen-bond acceptors (Lipinski definition) is 20. The van der Waals surface area contributed by atoms with Crippen molar-refractivity contribution in [1.82, 2.24) is 39.2 Å². The number of guanidine groups is 1. The first-order valence-electron chi connectivity index (χ1n) is 53.1. The largest absolute Gasteiger partial charge is 0.370 e. The molecule has 0 radical (unpaired) electrons. The van der Waals surface area contributed by atoms with E-state index in [4.69, 9.17) is 28.7 Å². The average Bonchev–Trinajstić information content (AvgIpc) is 0.835. The fourth-order valence-electron chi connectivity index (χ4n) is 14.0. The SMILES string of the molecule is CC(C)C(=O)CN(C(C)C)C(C)C.CC(C)C(=O)CN(CC(c1ccccc1)c1ccccc1)C(C)C.CC(C)C(=O)CN(CCCCCCN)C(C)C.CC(C)C(=O)CN(CCCCN)C(C)C.CC(C)C(=O)CN(CCCCN=C(N)N)C(C)C.CC(C)C(=O)CN(CCCN)C(C)C.CC(C)C(=O)CN(Cc1ccc2ccccc2c1)C(C)C.CC(C)C(=O)CN(Cc1ccccc1)C(C)C. The highest BCUT2D eigenvalue weighted by atomic mass is 16.2. The maximum absolute atomic E-state index is 12.3. The van der Waals surface area contributed by atoms with Crippen LogP contribution in [0.3, 0.4) is 0 Å². The zero-order chi connectivity index (χ0) is 107. The number of fused-ring (bicyclic) bond motifs is 1. The van der Waals surface area contributed by atoms with Crippen molar-refractivity contribution in [2.75, 3.05) is 111 Å². The summed E-state index contributed by atoms with van der Waals surface area (Å²) in [5.74, 6) is 3.95. The van der Waals surface area contributed by atoms with Crippen molar-refractivity contribution < 1.29 is 38.4 Å². The van der Waals surface area contributed by atoms with E-state index < -0.39 is 0 Å². The molecule has 0 saturated heterocycles. The van der Waals surface area contributed by atoms with Crippen LogP contribution in [0.5, 0.6) is 0 Å². The number of carbonyl (C=O) groups excluding carboxylic acids is 8. The molecule has 0 aliphatic rings. The summed E-state index contributed by atoms with van der Waals surface area (Å²) < 4.78 is 0. The number of rotatable bonds is 59. The number of nitrogens with two attached hydrogens (primary N) is 5. The molecular weight excluding hydrogens is 1730 g/mol. The van der Waals surface area contributed by atoms with Crippen LogP contribution in [-0.4, -0.2) is 257 Å². The minimum Gasteiger partial charge on any atom is -0.370 e. The van der Waals surface area contributed by atoms with Gasteiger partial charge in [0.2, 0.25) is 0 Å². The quantitative estimate of drug-likeness (QED) is 0.0137. The van der Waals surface area contributed by atoms with E-state index >= 15 is 0 Å². The molecule has 10 N–H and O–H groups in total. The Morgan fingerprint density at radius 1 is 0.252 bits per heavy atom. The number of carbonyl (C=O) groups is 8. The third-order valence-corrected chi connectivity index (χ3v) is 24.8. The van der Waals surface area contributed by atoms with Crippen molar-refractivity contribution in [3.63, 3.8) is 0 Å². The van der Waals surface area contributed by atoms with E-state index in [1.165, 1.54) is 52.3 Å². The molecule has 22 nitrogen and oxygen atoms in total. The lowest BCUT2D eigenvalue weighted by Gasteiger charge is -2.31. The van der Waals surface area contributed by atoms with E-state index in [-0.39, 0.29) is 59.2 Å². The zero-order valence-corrected chi connectivity index (χ0v) is 94.6. The van der Waals surface area contributed by atoms with Crippen LogP contribution in [0, 0.1) is 47.3 Å². The van der Waals surface area contributed by atoms with Gasteiger partial charge >= 0.3 is 0 Å². The van der Waals surface area contributed by atoms with Crippen LogP contribution in [0.1, 0.15) is 321 Å². The van der Waals surface area contributed by atoms with Gasteiger partial charge in [0, 0.05) is 140 Å². The summed E-state index contributed by atoms with van der Waals surface area (Å²) in [5.41, 5.74) is 32.0. The Morgan fingerprint density at radius 3 is 0.820 bits per heavy atom. The lowest BCUT2D eigenvalue weighted by molar-refractivity contribution is -0.124. The third kappa shape index (κ3) is 66.2. The van der Waals surface area contributed by atoms with Gasteiger partial charge in [-0.1, -0.05) is 251 Å². The molecule has 0 spiro atoms. The zero-order valence-electron chi connectivity index (χ0n) is 94.6. The summed E-state index contributed by atoms with van der Waals surface area (Å²) in [6, 6.07) is 50.1. The second kappa shape index (κ2) is 79.0. The lowest BCUT2D eigenvalue weighted by Crippen LogP contribution is -2.41. The van der Waals surface area contributed by atoms with Crippen molar-refractivity contribution in [2.45, 2.75) is 367 Å². The predicted octanol–water partition coefficient (Wildman–Crippen LogP) is 20.8. The topological polar surface area (TPSA) is 305 Å². The van der Waals surface area contributed by atoms with Crippen LogP contribution in [0.15, 0.2) is 138 Å². The number of unbranched alkanes of at least 4 members (excludes halogenated alkanes) is 5. The Balaban J connectivity index is -0.00000153. The Morgan fingerprint density at radius 2 is 0.511 bits per heavy atom. The first kappa shape index (κ1) is 136. The van der Waals surface area contributed by atoms with Gasteiger partial charge in [-0.25, -0.2) is 0 Å². The maximum atomic E-state index is 12.3. The fraction of sp³-hybridized carbons (Fsp3) is 0.684. The van der Waals surface area contributed by atoms with E-state index in [2.05, 4.69) is 272 Å². The first-order chi connectivity index (χ1) is 65.1. The number of hydrogen-bond donors (Lipinski definition) is 5. The number of nitrogens with zero attached hydrogens (tertiary/aromatic N) is 9. The van der Waals surface area contributed by atoms with Crippen LogP contribution < -0.4 is 28.7 Å². The Bertz CT molecular complexity index is 3980. The molecule has 0 unspecified atom stereocenters. The monoisotopic (exact) mass is 1940 g/mol. The number of benzene rings is 5. The van der Waals surface area contributed by atoms with E-state index in [9.17, 15) is 38.4 Å². The molecule has 0 heterocycles. The molecule has 0 saturated carbocycles. The predicted molar refractivity (Wildman–Crippen MR) is 595 cm³/mol. The summed E-state index contributed by atoms with van der Waals surface area (Å²) >= 11 is 0. The van der Waals surface area contributed by atoms with Crippen LogP contribution >= 0.6 is 0 Å². The summed E-state index contributed by atoms with van der Waals surface area (Å²) in [4.78, 5) is 116. The van der Waals surface area contributed by atoms with Gasteiger partial charge in [-0.05, 0) is 248 Å². The smallest absolute Gasteiger partial charge is 0.185 e. The second-order valence-corrected chi connectivity index (χ2v) is 42.5. The molecule has 5 aromatic rings. The summed E-state index contributed by atoms with van der Waals surface area (Å²) in [6.45, 7) is 83.6. The fourth-order valence-corrected chi connectivity index (χ4v) is 14.0. The normalized spacial score (nSPS) is 11.7. The molecular formula is C117H208N14O8. The number of Topliss-reactive ketones (excluding diaryl/α,β-unsaturated/α-hetero) is 8. The van der Waals surface area contributed by atoms with E-state index in [1.54, 1.807) is 0 Å². The van der Waals surface area contributed by atoms with Crippen LogP contribution in [0.4, 0.5) is 0 Å². The van der Waals surface area contributed by atoms with E-state index in [0.29, 0.717) is 166 Å². The molecule has 0 aromatic heterocycles. The molecule has 0 atom stereocenters. The summed E-state index contributed by atoms with van der Waals surface area (Å²) in [7, 11) is 0. The maximum Gasteiger partial charge on any atom is 0.185 e. The first-order valence-corrected chi connectivity index (χ1v) is 53.1. The highest BCUT2D eigenvalue weighted by molar-refractivity contribution is 5.86. The van der Waals surface area contributed by atoms with Gasteiger partial charge in [-0.2, -0.15) is 0 Å². The summed E-state index contributed by atoms with van der Waals surface area (Å²) in [6.07, 6.45) is 9.74. The molecule has 0 aliphatic heterocycles. The van der Waals surface area contributed by atoms with Gasteiger partial charge in [-0.15, -0.1) is 0 Å². The van der Waals surface area contributed by atoms with Crippen LogP contribution in [0.2, 0.25) is 0 Å². The number of aliphatic imine (C=N–C) groups is 1. The van der Waals surface area contributed by atoms with Crippen molar-refractivity contribution in [3.8, 4) is 0 Å². The lowest BCUT2D eigenvalue weighted by atomic mass is 9.90. The van der Waals surface area contributed by atoms with Gasteiger partial charge in [-0.3, -0.25) is 82.5 Å². The molecule has 22 heteroatoms. The van der Waals surface area contributed by atoms with E-state index in [0.717, 1.165) is 97.4 Å². The minimum absolute atomic E-state index is 0.0816. The highest BCUT2D eigenvalue weighted by Crippen LogP contribution is 2.28. The van der Waals surface area contributed by atoms with Crippen LogP contribution in [0.25, 0.3) is 10.8 Å². The highest BCUT2D eigenvalue weighted by Gasteiger charge is 2.27. The molecule has 0 aliphatic carbocycles. The molecule has 794 valence electrons. The van der Waals surface area contributed by atoms with Crippen molar-refractivity contribution in [1.29, 1.82) is 0 Å². The van der Waals surface area contributed by atoms with Crippen molar-refractivity contribution in [3.05, 3.63) is 156 Å². The summed E-state index contributed by atoms with van der Waals surface area (Å²) in [5, 5.41) is 2.52. The van der Waals surface area contributed by atoms with Crippen molar-refractivity contribution >= 4 is 63.0 Å². The molecule has 0 amide bonds. The standard InChI is InChI=1S/C22H29NO.C19H25NO.C15H23NO.C14H30N2O.C13H28N4O.C12H26N2O.C11H24N2O.C11H23NO/c1-17(2)22(24)16-23(18(3)4)15-21(19-11-7-5-8-12-19)20-13-9-6-10-14-20;1-14(2)19(21)13-20(15(3)4)12-16-9-10-17-7-5-6-8-18(17)11-16;1-12(2)15(17)11-16(13(3)4)10-14-8-6-5-7-9-14;1-12(2)14(17)11-16(13(3)4)10-8-6-5-7-9-15;1-10(2)12(18)9-17(11(3)4)8-6-5-7-16-13(14)15;1-10(2)12(15)9-14(11(3)4)8-6-5-7-13;1-9(2)11(14)8-13(10(3)4)7-5-6-12;1-8(2)11(13)7-12(9(3)4)10(5)6/h5-14,17-18,21H,15-16H2,1-4H3;5-11,14-15H,12-13H2,1-4H3;5-9,12-13H,10-11H2,1-4H3;12-13H,5-11,15H2,1-4H3;10-11H,5-9H2,1-4H3,(H4,14,15,16);10-11H,5-9,13H2,1-4H3;9-10H,5-8,12H2,1-4H3;8-10H,7H2,1-6H3. The Hall–Kier alpha value is -7.45. The van der Waals surface area contributed by atoms with Gasteiger partial charge in [0.05, 0.1) is 52.4 Å². The Kier molecular flexibility index (Phi) is 77.1. The molecule has 5 aromatic carbocycles. The molecule has 5 rings (SSSR count). The molecule has 0 fully saturated rings. The molecule has 0 bridgehead atoms. The van der Waals surface area contributed by atoms with Gasteiger partial charge in [0.25, 0.3) is 0 Å². The Labute approximate surface area is 850 Å². The van der Waals surface area contributed by atoms with Gasteiger partial charge in [0.15, 0.2) is 5.96 Å². The van der Waals surface area contributed by atoms with E-state index in [1.807, 2.05) is 141 Å². The van der Waals surface area contributed by atoms with Gasteiger partial charge in [0.1, 0.15) is 46.3 Å². The second-order valence-electron chi connectivity index (χ2n) is 42.5. The molecule has 139 heavy (non-hydrogen) atoms. The average molecular weight is 1940 g/mol.